The highest BCUT2D eigenvalue weighted by atomic mass is 16.3. The van der Waals surface area contributed by atoms with E-state index in [1.54, 1.807) is 12.1 Å². The molecule has 0 aliphatic heterocycles. The van der Waals surface area contributed by atoms with Gasteiger partial charge in [0.15, 0.2) is 0 Å². The minimum Gasteiger partial charge on any atom is -0.508 e. The molecule has 13 heavy (non-hydrogen) atoms. The van der Waals surface area contributed by atoms with Crippen molar-refractivity contribution in [1.29, 1.82) is 0 Å². The summed E-state index contributed by atoms with van der Waals surface area (Å²) in [5, 5.41) is 12.1. The highest BCUT2D eigenvalue weighted by Gasteiger charge is 2.12. The molecule has 0 heterocycles. The van der Waals surface area contributed by atoms with E-state index in [-0.39, 0.29) is 0 Å². The molecule has 1 aromatic carbocycles. The molecule has 0 saturated carbocycles. The van der Waals surface area contributed by atoms with Gasteiger partial charge in [-0.3, -0.25) is 0 Å². The van der Waals surface area contributed by atoms with Crippen LogP contribution in [0.1, 0.15) is 11.1 Å². The molecule has 64 valence electrons. The van der Waals surface area contributed by atoms with Crippen LogP contribution in [0.15, 0.2) is 24.3 Å². The molecule has 0 unspecified atom stereocenters. The third kappa shape index (κ3) is 1.25. The SMILES string of the molecule is C#CNC1=CCc2cc(O)ccc21. The van der Waals surface area contributed by atoms with Crippen molar-refractivity contribution >= 4 is 5.70 Å². The number of hydrogen-bond acceptors (Lipinski definition) is 2. The summed E-state index contributed by atoms with van der Waals surface area (Å²) in [5.41, 5.74) is 3.14. The van der Waals surface area contributed by atoms with Crippen LogP contribution in [0.3, 0.4) is 0 Å². The summed E-state index contributed by atoms with van der Waals surface area (Å²) in [6, 6.07) is 7.68. The minimum absolute atomic E-state index is 0.300. The molecule has 0 amide bonds. The zero-order valence-electron chi connectivity index (χ0n) is 7.04. The molecule has 2 nitrogen and oxygen atoms in total. The quantitative estimate of drug-likeness (QED) is 0.495. The summed E-state index contributed by atoms with van der Waals surface area (Å²) in [5.74, 6) is 0.300. The van der Waals surface area contributed by atoms with E-state index in [4.69, 9.17) is 6.42 Å². The van der Waals surface area contributed by atoms with E-state index in [0.29, 0.717) is 5.75 Å². The second-order valence-electron chi connectivity index (χ2n) is 2.93. The first-order chi connectivity index (χ1) is 6.31. The molecule has 0 atom stereocenters. The van der Waals surface area contributed by atoms with Crippen LogP contribution in [-0.4, -0.2) is 5.11 Å². The van der Waals surface area contributed by atoms with Gasteiger partial charge < -0.3 is 10.4 Å². The Kier molecular flexibility index (Phi) is 1.71. The number of rotatable bonds is 1. The number of phenols is 1. The first-order valence-corrected chi connectivity index (χ1v) is 4.05. The normalized spacial score (nSPS) is 13.0. The maximum atomic E-state index is 9.23. The van der Waals surface area contributed by atoms with Gasteiger partial charge in [0, 0.05) is 17.3 Å². The zero-order chi connectivity index (χ0) is 9.26. The molecule has 2 heteroatoms. The molecule has 0 saturated heterocycles. The minimum atomic E-state index is 0.300. The largest absolute Gasteiger partial charge is 0.508 e. The Bertz CT molecular complexity index is 413. The Morgan fingerprint density at radius 2 is 2.31 bits per heavy atom. The monoisotopic (exact) mass is 171 g/mol. The molecular weight excluding hydrogens is 162 g/mol. The van der Waals surface area contributed by atoms with E-state index >= 15 is 0 Å². The average Bonchev–Trinajstić information content (AvgIpc) is 2.49. The first-order valence-electron chi connectivity index (χ1n) is 4.05. The number of benzene rings is 1. The molecular formula is C11H9NO. The van der Waals surface area contributed by atoms with Gasteiger partial charge in [-0.05, 0) is 30.2 Å². The van der Waals surface area contributed by atoms with Crippen LogP contribution in [0.2, 0.25) is 0 Å². The van der Waals surface area contributed by atoms with Gasteiger partial charge in [-0.15, -0.1) is 0 Å². The third-order valence-electron chi connectivity index (χ3n) is 2.11. The summed E-state index contributed by atoms with van der Waals surface area (Å²) in [7, 11) is 0. The van der Waals surface area contributed by atoms with Crippen LogP contribution in [-0.2, 0) is 6.42 Å². The molecule has 2 N–H and O–H groups in total. The number of fused-ring (bicyclic) bond motifs is 1. The van der Waals surface area contributed by atoms with Crippen molar-refractivity contribution in [2.75, 3.05) is 0 Å². The Labute approximate surface area is 76.9 Å². The summed E-state index contributed by atoms with van der Waals surface area (Å²) in [4.78, 5) is 0. The van der Waals surface area contributed by atoms with E-state index in [1.165, 1.54) is 0 Å². The maximum absolute atomic E-state index is 9.23. The van der Waals surface area contributed by atoms with Gasteiger partial charge in [0.25, 0.3) is 0 Å². The molecule has 0 radical (unpaired) electrons. The van der Waals surface area contributed by atoms with E-state index < -0.39 is 0 Å². The van der Waals surface area contributed by atoms with Crippen LogP contribution < -0.4 is 5.32 Å². The molecule has 1 aliphatic carbocycles. The van der Waals surface area contributed by atoms with Gasteiger partial charge in [0.05, 0.1) is 0 Å². The number of allylic oxidation sites excluding steroid dienone is 1. The fourth-order valence-corrected chi connectivity index (χ4v) is 1.53. The number of phenolic OH excluding ortho intramolecular Hbond substituents is 1. The fraction of sp³-hybridized carbons (Fsp3) is 0.0909. The van der Waals surface area contributed by atoms with Crippen LogP contribution in [0.25, 0.3) is 5.70 Å². The second kappa shape index (κ2) is 2.87. The van der Waals surface area contributed by atoms with E-state index in [0.717, 1.165) is 23.2 Å². The van der Waals surface area contributed by atoms with Crippen LogP contribution in [0, 0.1) is 12.5 Å². The molecule has 1 aromatic rings. The Hall–Kier alpha value is -1.88. The molecule has 0 bridgehead atoms. The number of nitrogens with one attached hydrogen (secondary N) is 1. The van der Waals surface area contributed by atoms with E-state index in [2.05, 4.69) is 11.4 Å². The highest BCUT2D eigenvalue weighted by molar-refractivity contribution is 5.73. The Morgan fingerprint density at radius 1 is 1.46 bits per heavy atom. The molecule has 0 fully saturated rings. The van der Waals surface area contributed by atoms with Crippen LogP contribution >= 0.6 is 0 Å². The van der Waals surface area contributed by atoms with Crippen molar-refractivity contribution in [1.82, 2.24) is 5.32 Å². The smallest absolute Gasteiger partial charge is 0.115 e. The van der Waals surface area contributed by atoms with Crippen molar-refractivity contribution in [2.45, 2.75) is 6.42 Å². The summed E-state index contributed by atoms with van der Waals surface area (Å²) in [6.45, 7) is 0. The van der Waals surface area contributed by atoms with Gasteiger partial charge in [-0.25, -0.2) is 0 Å². The lowest BCUT2D eigenvalue weighted by Gasteiger charge is -2.03. The van der Waals surface area contributed by atoms with E-state index in [1.807, 2.05) is 12.1 Å². The molecule has 2 rings (SSSR count). The Morgan fingerprint density at radius 3 is 3.08 bits per heavy atom. The fourth-order valence-electron chi connectivity index (χ4n) is 1.53. The average molecular weight is 171 g/mol. The van der Waals surface area contributed by atoms with Gasteiger partial charge in [0.1, 0.15) is 5.75 Å². The lowest BCUT2D eigenvalue weighted by atomic mass is 10.1. The van der Waals surface area contributed by atoms with Crippen LogP contribution in [0.5, 0.6) is 5.75 Å². The third-order valence-corrected chi connectivity index (χ3v) is 2.11. The lowest BCUT2D eigenvalue weighted by molar-refractivity contribution is 0.474. The number of terminal acetylenes is 1. The Balaban J connectivity index is 2.40. The van der Waals surface area contributed by atoms with Crippen molar-refractivity contribution in [3.63, 3.8) is 0 Å². The van der Waals surface area contributed by atoms with Crippen molar-refractivity contribution in [3.8, 4) is 18.2 Å². The standard InChI is InChI=1S/C11H9NO/c1-2-12-11-6-3-8-7-9(13)4-5-10(8)11/h1,4-7,12-13H,3H2. The van der Waals surface area contributed by atoms with Gasteiger partial charge in [-0.1, -0.05) is 12.5 Å². The molecule has 0 spiro atoms. The van der Waals surface area contributed by atoms with Crippen molar-refractivity contribution in [2.24, 2.45) is 0 Å². The number of hydrogen-bond donors (Lipinski definition) is 2. The maximum Gasteiger partial charge on any atom is 0.115 e. The van der Waals surface area contributed by atoms with Gasteiger partial charge in [0.2, 0.25) is 0 Å². The molecule has 1 aliphatic rings. The van der Waals surface area contributed by atoms with Crippen LogP contribution in [0.4, 0.5) is 0 Å². The highest BCUT2D eigenvalue weighted by Crippen LogP contribution is 2.27. The zero-order valence-corrected chi connectivity index (χ0v) is 7.04. The van der Waals surface area contributed by atoms with Gasteiger partial charge >= 0.3 is 0 Å². The first kappa shape index (κ1) is 7.75. The van der Waals surface area contributed by atoms with Crippen molar-refractivity contribution in [3.05, 3.63) is 35.4 Å². The predicted octanol–water partition coefficient (Wildman–Crippen LogP) is 1.47. The summed E-state index contributed by atoms with van der Waals surface area (Å²) < 4.78 is 0. The predicted molar refractivity (Wildman–Crippen MR) is 51.8 cm³/mol. The topological polar surface area (TPSA) is 32.3 Å². The number of aromatic hydroxyl groups is 1. The second-order valence-corrected chi connectivity index (χ2v) is 2.93. The molecule has 0 aromatic heterocycles. The lowest BCUT2D eigenvalue weighted by Crippen LogP contribution is -2.01. The van der Waals surface area contributed by atoms with Gasteiger partial charge in [-0.2, -0.15) is 0 Å². The van der Waals surface area contributed by atoms with E-state index in [9.17, 15) is 5.11 Å². The van der Waals surface area contributed by atoms with Crippen molar-refractivity contribution < 1.29 is 5.11 Å². The summed E-state index contributed by atoms with van der Waals surface area (Å²) in [6.07, 6.45) is 7.99. The summed E-state index contributed by atoms with van der Waals surface area (Å²) >= 11 is 0.